The summed E-state index contributed by atoms with van der Waals surface area (Å²) in [6.45, 7) is 6.55. The van der Waals surface area contributed by atoms with Crippen LogP contribution in [0.3, 0.4) is 0 Å². The molecule has 6 nitrogen and oxygen atoms in total. The third-order valence-corrected chi connectivity index (χ3v) is 5.88. The molecule has 0 spiro atoms. The summed E-state index contributed by atoms with van der Waals surface area (Å²) >= 11 is 0. The lowest BCUT2D eigenvalue weighted by molar-refractivity contribution is -0.925. The molecule has 2 aromatic carbocycles. The average molecular weight is 419 g/mol. The van der Waals surface area contributed by atoms with Crippen LogP contribution in [-0.2, 0) is 4.79 Å². The van der Waals surface area contributed by atoms with Gasteiger partial charge in [-0.05, 0) is 43.2 Å². The van der Waals surface area contributed by atoms with E-state index < -0.39 is 0 Å². The minimum absolute atomic E-state index is 0.0271. The fraction of sp³-hybridized carbons (Fsp3) is 0.280. The minimum Gasteiger partial charge on any atom is -0.459 e. The molecule has 1 fully saturated rings. The molecule has 0 saturated carbocycles. The highest BCUT2D eigenvalue weighted by Gasteiger charge is 2.36. The van der Waals surface area contributed by atoms with Crippen molar-refractivity contribution in [3.05, 3.63) is 89.4 Å². The first-order valence-electron chi connectivity index (χ1n) is 10.6. The Balaban J connectivity index is 1.52. The Morgan fingerprint density at radius 1 is 1.00 bits per heavy atom. The van der Waals surface area contributed by atoms with Crippen molar-refractivity contribution >= 4 is 17.5 Å². The molecule has 3 aromatic rings. The van der Waals surface area contributed by atoms with E-state index in [-0.39, 0.29) is 17.9 Å². The number of benzene rings is 2. The molecule has 160 valence electrons. The maximum Gasteiger partial charge on any atom is 0.289 e. The zero-order chi connectivity index (χ0) is 21.8. The summed E-state index contributed by atoms with van der Waals surface area (Å²) in [4.78, 5) is 29.0. The van der Waals surface area contributed by atoms with Gasteiger partial charge >= 0.3 is 0 Å². The fourth-order valence-electron chi connectivity index (χ4n) is 4.14. The van der Waals surface area contributed by atoms with Crippen molar-refractivity contribution in [1.29, 1.82) is 0 Å². The predicted molar refractivity (Wildman–Crippen MR) is 119 cm³/mol. The van der Waals surface area contributed by atoms with E-state index in [9.17, 15) is 9.59 Å². The van der Waals surface area contributed by atoms with Gasteiger partial charge in [0.1, 0.15) is 0 Å². The lowest BCUT2D eigenvalue weighted by Crippen LogP contribution is -3.16. The molecular weight excluding hydrogens is 390 g/mol. The van der Waals surface area contributed by atoms with Gasteiger partial charge in [-0.2, -0.15) is 0 Å². The third-order valence-electron chi connectivity index (χ3n) is 5.88. The minimum atomic E-state index is -0.345. The first-order chi connectivity index (χ1) is 15.0. The first-order valence-corrected chi connectivity index (χ1v) is 10.6. The average Bonchev–Trinajstić information content (AvgIpc) is 3.32. The van der Waals surface area contributed by atoms with E-state index >= 15 is 0 Å². The molecular formula is C25H28N3O3+. The van der Waals surface area contributed by atoms with E-state index in [1.165, 1.54) is 6.26 Å². The molecule has 2 amide bonds. The number of aryl methyl sites for hydroxylation is 2. The number of carbonyl (C=O) groups is 2. The molecule has 1 aromatic heterocycles. The second-order valence-electron chi connectivity index (χ2n) is 8.08. The van der Waals surface area contributed by atoms with Gasteiger partial charge in [-0.3, -0.25) is 9.59 Å². The molecule has 1 aliphatic rings. The largest absolute Gasteiger partial charge is 0.459 e. The summed E-state index contributed by atoms with van der Waals surface area (Å²) in [6, 6.07) is 19.0. The van der Waals surface area contributed by atoms with Crippen LogP contribution in [0.1, 0.15) is 33.3 Å². The first kappa shape index (κ1) is 20.9. The SMILES string of the molecule is Cc1ccc(C)c(NC(=O)[C@@H](c2ccccc2)[NH+]2CCN(C(=O)c3ccco3)CC2)c1. The monoisotopic (exact) mass is 418 g/mol. The Morgan fingerprint density at radius 3 is 2.42 bits per heavy atom. The van der Waals surface area contributed by atoms with E-state index in [2.05, 4.69) is 5.32 Å². The van der Waals surface area contributed by atoms with Crippen molar-refractivity contribution in [3.8, 4) is 0 Å². The second-order valence-corrected chi connectivity index (χ2v) is 8.08. The summed E-state index contributed by atoms with van der Waals surface area (Å²) in [6.07, 6.45) is 1.51. The van der Waals surface area contributed by atoms with Gasteiger partial charge in [-0.15, -0.1) is 0 Å². The maximum atomic E-state index is 13.5. The van der Waals surface area contributed by atoms with Gasteiger partial charge in [0.15, 0.2) is 11.8 Å². The van der Waals surface area contributed by atoms with Crippen LogP contribution in [-0.4, -0.2) is 42.9 Å². The van der Waals surface area contributed by atoms with Crippen molar-refractivity contribution < 1.29 is 18.9 Å². The summed E-state index contributed by atoms with van der Waals surface area (Å²) < 4.78 is 5.26. The maximum absolute atomic E-state index is 13.5. The fourth-order valence-corrected chi connectivity index (χ4v) is 4.14. The molecule has 2 N–H and O–H groups in total. The van der Waals surface area contributed by atoms with Crippen LogP contribution in [0.25, 0.3) is 0 Å². The number of nitrogens with one attached hydrogen (secondary N) is 2. The van der Waals surface area contributed by atoms with E-state index in [1.54, 1.807) is 17.0 Å². The Hall–Kier alpha value is -3.38. The Labute approximate surface area is 182 Å². The topological polar surface area (TPSA) is 67.0 Å². The van der Waals surface area contributed by atoms with E-state index in [1.807, 2.05) is 62.4 Å². The number of quaternary nitrogens is 1. The standard InChI is InChI=1S/C25H27N3O3/c1-18-10-11-19(2)21(17-18)26-24(29)23(20-7-4-3-5-8-20)27-12-14-28(15-13-27)25(30)22-9-6-16-31-22/h3-11,16-17,23H,12-15H2,1-2H3,(H,26,29)/p+1/t23-/m1/s1. The van der Waals surface area contributed by atoms with E-state index in [0.717, 1.165) is 27.3 Å². The molecule has 1 atom stereocenters. The predicted octanol–water partition coefficient (Wildman–Crippen LogP) is 2.62. The quantitative estimate of drug-likeness (QED) is 0.669. The van der Waals surface area contributed by atoms with Gasteiger partial charge in [0.05, 0.1) is 32.4 Å². The van der Waals surface area contributed by atoms with Crippen molar-refractivity contribution in [3.63, 3.8) is 0 Å². The van der Waals surface area contributed by atoms with Crippen LogP contribution in [0.15, 0.2) is 71.3 Å². The van der Waals surface area contributed by atoms with E-state index in [4.69, 9.17) is 4.42 Å². The molecule has 0 bridgehead atoms. The zero-order valence-corrected chi connectivity index (χ0v) is 17.9. The van der Waals surface area contributed by atoms with Crippen LogP contribution in [0, 0.1) is 13.8 Å². The number of furan rings is 1. The summed E-state index contributed by atoms with van der Waals surface area (Å²) in [5.74, 6) is 0.233. The summed E-state index contributed by atoms with van der Waals surface area (Å²) in [5, 5.41) is 3.15. The van der Waals surface area contributed by atoms with Gasteiger partial charge < -0.3 is 19.5 Å². The highest BCUT2D eigenvalue weighted by atomic mass is 16.3. The number of amides is 2. The van der Waals surface area contributed by atoms with Crippen molar-refractivity contribution in [1.82, 2.24) is 4.90 Å². The number of anilines is 1. The Kier molecular flexibility index (Phi) is 6.18. The third kappa shape index (κ3) is 4.70. The normalized spacial score (nSPS) is 15.5. The summed E-state index contributed by atoms with van der Waals surface area (Å²) in [7, 11) is 0. The molecule has 2 heterocycles. The van der Waals surface area contributed by atoms with Crippen LogP contribution in [0.2, 0.25) is 0 Å². The summed E-state index contributed by atoms with van der Waals surface area (Å²) in [5.41, 5.74) is 3.97. The van der Waals surface area contributed by atoms with Crippen molar-refractivity contribution in [2.75, 3.05) is 31.5 Å². The number of carbonyl (C=O) groups excluding carboxylic acids is 2. The number of rotatable bonds is 5. The molecule has 0 unspecified atom stereocenters. The van der Waals surface area contributed by atoms with Crippen LogP contribution >= 0.6 is 0 Å². The van der Waals surface area contributed by atoms with Crippen LogP contribution in [0.4, 0.5) is 5.69 Å². The highest BCUT2D eigenvalue weighted by Crippen LogP contribution is 2.19. The zero-order valence-electron chi connectivity index (χ0n) is 17.9. The lowest BCUT2D eigenvalue weighted by atomic mass is 10.0. The van der Waals surface area contributed by atoms with Gasteiger partial charge in [-0.25, -0.2) is 0 Å². The molecule has 1 saturated heterocycles. The molecule has 1 aliphatic heterocycles. The van der Waals surface area contributed by atoms with Gasteiger partial charge in [-0.1, -0.05) is 42.5 Å². The van der Waals surface area contributed by atoms with Crippen LogP contribution in [0.5, 0.6) is 0 Å². The lowest BCUT2D eigenvalue weighted by Gasteiger charge is -2.35. The van der Waals surface area contributed by atoms with Gasteiger partial charge in [0.25, 0.3) is 11.8 Å². The van der Waals surface area contributed by atoms with Crippen LogP contribution < -0.4 is 10.2 Å². The van der Waals surface area contributed by atoms with E-state index in [0.29, 0.717) is 31.9 Å². The van der Waals surface area contributed by atoms with Gasteiger partial charge in [0.2, 0.25) is 0 Å². The smallest absolute Gasteiger partial charge is 0.289 e. The Morgan fingerprint density at radius 2 is 1.74 bits per heavy atom. The molecule has 31 heavy (non-hydrogen) atoms. The molecule has 0 aliphatic carbocycles. The Bertz CT molecular complexity index is 1040. The van der Waals surface area contributed by atoms with Crippen molar-refractivity contribution in [2.24, 2.45) is 0 Å². The molecule has 4 rings (SSSR count). The highest BCUT2D eigenvalue weighted by molar-refractivity contribution is 5.95. The second kappa shape index (κ2) is 9.18. The number of nitrogens with zero attached hydrogens (tertiary/aromatic N) is 1. The molecule has 0 radical (unpaired) electrons. The molecule has 6 heteroatoms. The van der Waals surface area contributed by atoms with Crippen molar-refractivity contribution in [2.45, 2.75) is 19.9 Å². The number of piperazine rings is 1. The van der Waals surface area contributed by atoms with Gasteiger partial charge in [0, 0.05) is 11.3 Å². The number of hydrogen-bond donors (Lipinski definition) is 2. The number of hydrogen-bond acceptors (Lipinski definition) is 3.